The third-order valence-electron chi connectivity index (χ3n) is 5.66. The van der Waals surface area contributed by atoms with Gasteiger partial charge in [-0.3, -0.25) is 4.79 Å². The van der Waals surface area contributed by atoms with Gasteiger partial charge in [0, 0.05) is 44.5 Å². The minimum atomic E-state index is -2.48. The second-order valence-electron chi connectivity index (χ2n) is 9.31. The van der Waals surface area contributed by atoms with Crippen molar-refractivity contribution < 1.29 is 37.1 Å². The number of ether oxygens (including phenoxy) is 3. The van der Waals surface area contributed by atoms with Gasteiger partial charge in [0.25, 0.3) is 0 Å². The van der Waals surface area contributed by atoms with Gasteiger partial charge in [-0.2, -0.15) is 0 Å². The van der Waals surface area contributed by atoms with E-state index >= 15 is 0 Å². The number of carbonyl (C=O) groups excluding carboxylic acids is 2. The topological polar surface area (TPSA) is 89.5 Å². The van der Waals surface area contributed by atoms with Gasteiger partial charge in [0.15, 0.2) is 0 Å². The molecule has 218 valence electrons. The Hall–Kier alpha value is -1.26. The van der Waals surface area contributed by atoms with E-state index in [0.29, 0.717) is 58.1 Å². The Labute approximate surface area is 227 Å². The molecule has 1 unspecified atom stereocenters. The van der Waals surface area contributed by atoms with Gasteiger partial charge >= 0.3 is 20.7 Å². The van der Waals surface area contributed by atoms with Crippen molar-refractivity contribution in [2.24, 2.45) is 0 Å². The van der Waals surface area contributed by atoms with Gasteiger partial charge in [-0.25, -0.2) is 4.79 Å². The summed E-state index contributed by atoms with van der Waals surface area (Å²) in [6.45, 7) is 16.0. The normalized spacial score (nSPS) is 12.4. The van der Waals surface area contributed by atoms with E-state index in [-0.39, 0.29) is 12.1 Å². The third kappa shape index (κ3) is 20.4. The molecule has 0 aromatic rings. The van der Waals surface area contributed by atoms with Crippen molar-refractivity contribution in [2.45, 2.75) is 117 Å². The molecule has 0 fully saturated rings. The minimum absolute atomic E-state index is 0.185. The lowest BCUT2D eigenvalue weighted by Gasteiger charge is -2.28. The van der Waals surface area contributed by atoms with E-state index in [4.69, 9.17) is 27.5 Å². The molecule has 0 aliphatic rings. The Morgan fingerprint density at radius 1 is 0.757 bits per heavy atom. The fraction of sp³-hybridized carbons (Fsp3) is 0.857. The van der Waals surface area contributed by atoms with Crippen LogP contribution >= 0.6 is 0 Å². The molecular weight excluding hydrogens is 492 g/mol. The van der Waals surface area contributed by atoms with Crippen LogP contribution < -0.4 is 0 Å². The number of carbonyl (C=O) groups is 2. The molecule has 0 aliphatic heterocycles. The van der Waals surface area contributed by atoms with Crippen LogP contribution in [0.15, 0.2) is 12.2 Å². The summed E-state index contributed by atoms with van der Waals surface area (Å²) in [5, 5.41) is 0. The molecule has 0 radical (unpaired) electrons. The van der Waals surface area contributed by atoms with Gasteiger partial charge in [-0.05, 0) is 53.9 Å². The average Bonchev–Trinajstić information content (AvgIpc) is 2.84. The summed E-state index contributed by atoms with van der Waals surface area (Å²) >= 11 is 0. The highest BCUT2D eigenvalue weighted by atomic mass is 28.4. The molecule has 0 aromatic carbocycles. The first-order valence-electron chi connectivity index (χ1n) is 14.3. The first-order valence-corrected chi connectivity index (χ1v) is 16.2. The van der Waals surface area contributed by atoms with E-state index in [0.717, 1.165) is 25.3 Å². The summed E-state index contributed by atoms with van der Waals surface area (Å²) in [5.41, 5.74) is 0.364. The fourth-order valence-corrected chi connectivity index (χ4v) is 6.51. The lowest BCUT2D eigenvalue weighted by molar-refractivity contribution is -0.146. The van der Waals surface area contributed by atoms with E-state index in [9.17, 15) is 9.59 Å². The molecule has 0 amide bonds. The van der Waals surface area contributed by atoms with Crippen LogP contribution in [0.5, 0.6) is 0 Å². The predicted octanol–water partition coefficient (Wildman–Crippen LogP) is 6.39. The molecule has 0 aliphatic carbocycles. The number of esters is 2. The van der Waals surface area contributed by atoms with Gasteiger partial charge < -0.3 is 27.5 Å². The Morgan fingerprint density at radius 3 is 1.78 bits per heavy atom. The van der Waals surface area contributed by atoms with Gasteiger partial charge in [0.2, 0.25) is 0 Å². The van der Waals surface area contributed by atoms with Crippen molar-refractivity contribution in [3.63, 3.8) is 0 Å². The number of rotatable bonds is 26. The van der Waals surface area contributed by atoms with Crippen molar-refractivity contribution in [3.8, 4) is 0 Å². The highest BCUT2D eigenvalue weighted by molar-refractivity contribution is 6.60. The van der Waals surface area contributed by atoms with Crippen LogP contribution in [0.2, 0.25) is 6.04 Å². The second kappa shape index (κ2) is 23.8. The smallest absolute Gasteiger partial charge is 0.466 e. The van der Waals surface area contributed by atoms with Gasteiger partial charge in [0.1, 0.15) is 6.10 Å². The molecule has 0 aromatic heterocycles. The van der Waals surface area contributed by atoms with Crippen LogP contribution in [-0.4, -0.2) is 66.5 Å². The molecule has 0 rings (SSSR count). The summed E-state index contributed by atoms with van der Waals surface area (Å²) in [6.07, 6.45) is 11.0. The van der Waals surface area contributed by atoms with Gasteiger partial charge in [0.05, 0.1) is 13.2 Å². The molecule has 0 N–H and O–H groups in total. The molecule has 0 bridgehead atoms. The van der Waals surface area contributed by atoms with Crippen molar-refractivity contribution in [3.05, 3.63) is 12.2 Å². The molecule has 0 saturated carbocycles. The van der Waals surface area contributed by atoms with E-state index in [2.05, 4.69) is 6.58 Å². The first kappa shape index (κ1) is 35.7. The largest absolute Gasteiger partial charge is 0.500 e. The Balaban J connectivity index is 3.58. The molecule has 8 nitrogen and oxygen atoms in total. The minimum Gasteiger partial charge on any atom is -0.466 e. The molecule has 37 heavy (non-hydrogen) atoms. The van der Waals surface area contributed by atoms with E-state index in [1.54, 1.807) is 13.8 Å². The van der Waals surface area contributed by atoms with Crippen LogP contribution in [0.4, 0.5) is 0 Å². The van der Waals surface area contributed by atoms with Crippen LogP contribution in [0, 0.1) is 0 Å². The Morgan fingerprint density at radius 2 is 1.27 bits per heavy atom. The lowest BCUT2D eigenvalue weighted by Crippen LogP contribution is -2.45. The van der Waals surface area contributed by atoms with E-state index < -0.39 is 14.8 Å². The monoisotopic (exact) mass is 546 g/mol. The van der Waals surface area contributed by atoms with E-state index in [1.807, 2.05) is 20.8 Å². The maximum absolute atomic E-state index is 11.8. The number of hydrogen-bond acceptors (Lipinski definition) is 8. The zero-order valence-corrected chi connectivity index (χ0v) is 25.3. The molecule has 0 heterocycles. The summed E-state index contributed by atoms with van der Waals surface area (Å²) in [5.74, 6) is -0.604. The Bertz CT molecular complexity index is 582. The lowest BCUT2D eigenvalue weighted by atomic mass is 10.1. The van der Waals surface area contributed by atoms with Crippen molar-refractivity contribution in [2.75, 3.05) is 39.6 Å². The molecule has 1 atom stereocenters. The maximum atomic E-state index is 11.8. The summed E-state index contributed by atoms with van der Waals surface area (Å²) < 4.78 is 33.6. The predicted molar refractivity (Wildman–Crippen MR) is 148 cm³/mol. The Kier molecular flexibility index (Phi) is 23.0. The summed E-state index contributed by atoms with van der Waals surface area (Å²) in [4.78, 5) is 23.2. The van der Waals surface area contributed by atoms with Crippen LogP contribution in [-0.2, 0) is 37.1 Å². The van der Waals surface area contributed by atoms with Crippen molar-refractivity contribution in [1.82, 2.24) is 0 Å². The van der Waals surface area contributed by atoms with Crippen LogP contribution in [0.3, 0.4) is 0 Å². The van der Waals surface area contributed by atoms with Gasteiger partial charge in [-0.1, -0.05) is 51.5 Å². The molecule has 0 saturated heterocycles. The summed E-state index contributed by atoms with van der Waals surface area (Å²) in [6, 6.07) is 0.903. The average molecular weight is 547 g/mol. The van der Waals surface area contributed by atoms with E-state index in [1.165, 1.54) is 38.5 Å². The van der Waals surface area contributed by atoms with Crippen molar-refractivity contribution in [1.29, 1.82) is 0 Å². The second-order valence-corrected chi connectivity index (χ2v) is 12.0. The molecule has 9 heteroatoms. The van der Waals surface area contributed by atoms with Crippen LogP contribution in [0.25, 0.3) is 0 Å². The van der Waals surface area contributed by atoms with Gasteiger partial charge in [-0.15, -0.1) is 0 Å². The zero-order valence-electron chi connectivity index (χ0n) is 24.3. The first-order chi connectivity index (χ1) is 17.8. The van der Waals surface area contributed by atoms with Crippen LogP contribution in [0.1, 0.15) is 105 Å². The van der Waals surface area contributed by atoms with Crippen molar-refractivity contribution >= 4 is 20.7 Å². The molecular formula is C28H54O8Si. The maximum Gasteiger partial charge on any atom is 0.500 e. The standard InChI is InChI=1S/C28H54O8Si/c1-7-33-37(34-8-2,35-9-3)23-18-16-14-12-10-11-13-15-17-22-32-27(29)20-19-21-31-24-26(6)36-28(30)25(4)5/h26H,4,7-24H2,1-3,5-6H3. The number of unbranched alkanes of at least 4 members (excludes halogenated alkanes) is 8. The highest BCUT2D eigenvalue weighted by Crippen LogP contribution is 2.21. The zero-order chi connectivity index (χ0) is 27.8. The third-order valence-corrected chi connectivity index (χ3v) is 8.81. The quantitative estimate of drug-likeness (QED) is 0.0533. The highest BCUT2D eigenvalue weighted by Gasteiger charge is 2.39. The summed E-state index contributed by atoms with van der Waals surface area (Å²) in [7, 11) is -2.48. The molecule has 0 spiro atoms. The fourth-order valence-electron chi connectivity index (χ4n) is 3.83. The number of hydrogen-bond donors (Lipinski definition) is 0. The SMILES string of the molecule is C=C(C)C(=O)OC(C)COCCCC(=O)OCCCCCCCCCCC[Si](OCC)(OCC)OCC.